The molecular formula is C14H20N4S. The third kappa shape index (κ3) is 2.58. The number of rotatable bonds is 4. The van der Waals surface area contributed by atoms with Gasteiger partial charge in [0.2, 0.25) is 0 Å². The van der Waals surface area contributed by atoms with Gasteiger partial charge in [-0.25, -0.2) is 4.98 Å². The van der Waals surface area contributed by atoms with Gasteiger partial charge in [-0.05, 0) is 44.2 Å². The molecule has 1 aliphatic rings. The molecule has 0 spiro atoms. The lowest BCUT2D eigenvalue weighted by Gasteiger charge is -2.24. The topological polar surface area (TPSA) is 36.9 Å². The lowest BCUT2D eigenvalue weighted by molar-refractivity contribution is 0.237. The van der Waals surface area contributed by atoms with Crippen LogP contribution in [0.3, 0.4) is 0 Å². The first-order valence-electron chi connectivity index (χ1n) is 6.99. The van der Waals surface area contributed by atoms with Crippen molar-refractivity contribution in [3.05, 3.63) is 23.1 Å². The van der Waals surface area contributed by atoms with E-state index in [4.69, 9.17) is 12.2 Å². The van der Waals surface area contributed by atoms with Crippen LogP contribution in [0.15, 0.2) is 18.3 Å². The Hall–Kier alpha value is -1.20. The molecule has 0 radical (unpaired) electrons. The lowest BCUT2D eigenvalue weighted by Crippen LogP contribution is -2.32. The van der Waals surface area contributed by atoms with Crippen LogP contribution in [0.25, 0.3) is 11.2 Å². The second kappa shape index (κ2) is 5.43. The first-order chi connectivity index (χ1) is 9.25. The number of hydrogen-bond acceptors (Lipinski definition) is 3. The first-order valence-corrected chi connectivity index (χ1v) is 7.40. The molecule has 1 aliphatic carbocycles. The molecule has 0 bridgehead atoms. The molecule has 19 heavy (non-hydrogen) atoms. The van der Waals surface area contributed by atoms with Gasteiger partial charge in [0, 0.05) is 25.3 Å². The predicted molar refractivity (Wildman–Crippen MR) is 79.8 cm³/mol. The summed E-state index contributed by atoms with van der Waals surface area (Å²) in [6, 6.07) is 4.71. The maximum absolute atomic E-state index is 5.39. The van der Waals surface area contributed by atoms with Gasteiger partial charge >= 0.3 is 0 Å². The fourth-order valence-corrected chi connectivity index (χ4v) is 3.27. The van der Waals surface area contributed by atoms with Crippen molar-refractivity contribution in [1.29, 1.82) is 0 Å². The number of aromatic amines is 1. The van der Waals surface area contributed by atoms with E-state index in [1.54, 1.807) is 0 Å². The summed E-state index contributed by atoms with van der Waals surface area (Å²) in [7, 11) is 2.22. The largest absolute Gasteiger partial charge is 0.329 e. The number of fused-ring (bicyclic) bond motifs is 1. The maximum atomic E-state index is 5.39. The molecule has 0 unspecified atom stereocenters. The highest BCUT2D eigenvalue weighted by molar-refractivity contribution is 7.71. The summed E-state index contributed by atoms with van der Waals surface area (Å²) in [5.74, 6) is 0. The van der Waals surface area contributed by atoms with E-state index >= 15 is 0 Å². The summed E-state index contributed by atoms with van der Waals surface area (Å²) in [6.07, 6.45) is 7.26. The van der Waals surface area contributed by atoms with Gasteiger partial charge < -0.3 is 14.5 Å². The van der Waals surface area contributed by atoms with Crippen LogP contribution in [0.1, 0.15) is 25.7 Å². The van der Waals surface area contributed by atoms with Crippen LogP contribution in [0, 0.1) is 4.77 Å². The van der Waals surface area contributed by atoms with Crippen molar-refractivity contribution in [1.82, 2.24) is 19.4 Å². The molecular weight excluding hydrogens is 256 g/mol. The minimum absolute atomic E-state index is 0.757. The van der Waals surface area contributed by atoms with Crippen molar-refractivity contribution in [3.63, 3.8) is 0 Å². The zero-order valence-electron chi connectivity index (χ0n) is 11.3. The zero-order valence-corrected chi connectivity index (χ0v) is 12.1. The minimum atomic E-state index is 0.757. The van der Waals surface area contributed by atoms with E-state index in [1.807, 2.05) is 18.3 Å². The quantitative estimate of drug-likeness (QED) is 0.872. The average molecular weight is 276 g/mol. The molecule has 102 valence electrons. The Morgan fingerprint density at radius 3 is 3.05 bits per heavy atom. The minimum Gasteiger partial charge on any atom is -0.329 e. The van der Waals surface area contributed by atoms with Gasteiger partial charge in [-0.15, -0.1) is 0 Å². The fraction of sp³-hybridized carbons (Fsp3) is 0.571. The summed E-state index contributed by atoms with van der Waals surface area (Å²) in [4.78, 5) is 10.1. The molecule has 3 rings (SSSR count). The second-order valence-corrected chi connectivity index (χ2v) is 5.76. The molecule has 0 atom stereocenters. The first kappa shape index (κ1) is 12.8. The van der Waals surface area contributed by atoms with Gasteiger partial charge in [-0.2, -0.15) is 0 Å². The molecule has 0 amide bonds. The number of pyridine rings is 1. The molecule has 0 aromatic carbocycles. The maximum Gasteiger partial charge on any atom is 0.179 e. The highest BCUT2D eigenvalue weighted by atomic mass is 32.1. The normalized spacial score (nSPS) is 16.7. The van der Waals surface area contributed by atoms with Crippen LogP contribution >= 0.6 is 12.2 Å². The van der Waals surface area contributed by atoms with Gasteiger partial charge in [0.15, 0.2) is 10.4 Å². The second-order valence-electron chi connectivity index (χ2n) is 5.38. The monoisotopic (exact) mass is 276 g/mol. The van der Waals surface area contributed by atoms with Gasteiger partial charge in [0.25, 0.3) is 0 Å². The SMILES string of the molecule is CN(CCn1c(=S)[nH]c2cccnc21)C1CCCC1. The van der Waals surface area contributed by atoms with E-state index in [-0.39, 0.29) is 0 Å². The molecule has 2 aromatic rings. The summed E-state index contributed by atoms with van der Waals surface area (Å²) < 4.78 is 2.88. The Bertz CT molecular complexity index is 609. The van der Waals surface area contributed by atoms with Gasteiger partial charge in [0.1, 0.15) is 0 Å². The van der Waals surface area contributed by atoms with Crippen molar-refractivity contribution in [2.45, 2.75) is 38.3 Å². The molecule has 4 nitrogen and oxygen atoms in total. The van der Waals surface area contributed by atoms with Crippen LogP contribution < -0.4 is 0 Å². The van der Waals surface area contributed by atoms with Crippen molar-refractivity contribution >= 4 is 23.4 Å². The fourth-order valence-electron chi connectivity index (χ4n) is 2.98. The van der Waals surface area contributed by atoms with Gasteiger partial charge in [0.05, 0.1) is 5.52 Å². The van der Waals surface area contributed by atoms with Gasteiger partial charge in [-0.3, -0.25) is 0 Å². The number of imidazole rings is 1. The number of nitrogens with one attached hydrogen (secondary N) is 1. The van der Waals surface area contributed by atoms with Crippen molar-refractivity contribution in [3.8, 4) is 0 Å². The molecule has 0 saturated heterocycles. The molecule has 1 fully saturated rings. The van der Waals surface area contributed by atoms with Crippen LogP contribution in [0.5, 0.6) is 0 Å². The number of hydrogen-bond donors (Lipinski definition) is 1. The predicted octanol–water partition coefficient (Wildman–Crippen LogP) is 2.97. The van der Waals surface area contributed by atoms with E-state index in [0.29, 0.717) is 0 Å². The smallest absolute Gasteiger partial charge is 0.179 e. The van der Waals surface area contributed by atoms with E-state index in [9.17, 15) is 0 Å². The van der Waals surface area contributed by atoms with Crippen molar-refractivity contribution in [2.75, 3.05) is 13.6 Å². The van der Waals surface area contributed by atoms with E-state index < -0.39 is 0 Å². The zero-order chi connectivity index (χ0) is 13.2. The van der Waals surface area contributed by atoms with E-state index in [0.717, 1.165) is 35.1 Å². The molecule has 5 heteroatoms. The molecule has 1 saturated carbocycles. The standard InChI is InChI=1S/C14H20N4S/c1-17(11-5-2-3-6-11)9-10-18-13-12(16-14(18)19)7-4-8-15-13/h4,7-8,11H,2-3,5-6,9-10H2,1H3,(H,16,19). The Balaban J connectivity index is 1.74. The summed E-state index contributed by atoms with van der Waals surface area (Å²) in [5.41, 5.74) is 1.99. The third-order valence-corrected chi connectivity index (χ3v) is 4.48. The van der Waals surface area contributed by atoms with E-state index in [1.165, 1.54) is 25.7 Å². The molecule has 2 aromatic heterocycles. The molecule has 0 aliphatic heterocycles. The van der Waals surface area contributed by atoms with Crippen LogP contribution in [0.2, 0.25) is 0 Å². The van der Waals surface area contributed by atoms with Crippen LogP contribution in [0.4, 0.5) is 0 Å². The highest BCUT2D eigenvalue weighted by Crippen LogP contribution is 2.22. The van der Waals surface area contributed by atoms with Crippen molar-refractivity contribution in [2.24, 2.45) is 0 Å². The summed E-state index contributed by atoms with van der Waals surface area (Å²) in [6.45, 7) is 1.94. The Labute approximate surface area is 118 Å². The number of aromatic nitrogens is 3. The summed E-state index contributed by atoms with van der Waals surface area (Å²) >= 11 is 5.39. The highest BCUT2D eigenvalue weighted by Gasteiger charge is 2.19. The van der Waals surface area contributed by atoms with Crippen molar-refractivity contribution < 1.29 is 0 Å². The Kier molecular flexibility index (Phi) is 3.66. The number of nitrogens with zero attached hydrogens (tertiary/aromatic N) is 3. The van der Waals surface area contributed by atoms with Crippen LogP contribution in [-0.4, -0.2) is 39.1 Å². The Morgan fingerprint density at radius 2 is 2.26 bits per heavy atom. The van der Waals surface area contributed by atoms with E-state index in [2.05, 4.69) is 26.5 Å². The van der Waals surface area contributed by atoms with Gasteiger partial charge in [-0.1, -0.05) is 12.8 Å². The third-order valence-electron chi connectivity index (χ3n) is 4.15. The molecule has 2 heterocycles. The Morgan fingerprint density at radius 1 is 1.47 bits per heavy atom. The van der Waals surface area contributed by atoms with Crippen LogP contribution in [-0.2, 0) is 6.54 Å². The number of H-pyrrole nitrogens is 1. The number of likely N-dealkylation sites (N-methyl/N-ethyl adjacent to an activating group) is 1. The average Bonchev–Trinajstić information content (AvgIpc) is 3.03. The summed E-state index contributed by atoms with van der Waals surface area (Å²) in [5, 5.41) is 0. The molecule has 1 N–H and O–H groups in total. The lowest BCUT2D eigenvalue weighted by atomic mass is 10.2.